The normalized spacial score (nSPS) is 12.2. The van der Waals surface area contributed by atoms with Crippen LogP contribution < -0.4 is 5.14 Å². The molecule has 2 N–H and O–H groups in total. The van der Waals surface area contributed by atoms with E-state index < -0.39 is 10.0 Å². The van der Waals surface area contributed by atoms with Crippen LogP contribution in [0, 0.1) is 11.3 Å². The van der Waals surface area contributed by atoms with E-state index >= 15 is 0 Å². The van der Waals surface area contributed by atoms with Crippen LogP contribution in [0.15, 0.2) is 71.8 Å². The molecule has 0 saturated heterocycles. The third kappa shape index (κ3) is 3.46. The minimum absolute atomic E-state index is 0.0488. The molecule has 0 aliphatic carbocycles. The van der Waals surface area contributed by atoms with Gasteiger partial charge in [-0.2, -0.15) is 5.26 Å². The number of benzene rings is 2. The number of nitriles is 1. The van der Waals surface area contributed by atoms with Gasteiger partial charge >= 0.3 is 0 Å². The molecule has 2 aromatic carbocycles. The second-order valence-corrected chi connectivity index (χ2v) is 8.59. The number of hydrogen-bond acceptors (Lipinski definition) is 5. The summed E-state index contributed by atoms with van der Waals surface area (Å²) in [5, 5.41) is 15.5. The van der Waals surface area contributed by atoms with Crippen molar-refractivity contribution in [1.82, 2.24) is 9.55 Å². The van der Waals surface area contributed by atoms with Gasteiger partial charge in [-0.05, 0) is 54.6 Å². The minimum Gasteiger partial charge on any atom is -0.317 e. The van der Waals surface area contributed by atoms with Gasteiger partial charge in [0.1, 0.15) is 11.1 Å². The van der Waals surface area contributed by atoms with Gasteiger partial charge in [0.2, 0.25) is 10.0 Å². The predicted octanol–water partition coefficient (Wildman–Crippen LogP) is 3.80. The zero-order chi connectivity index (χ0) is 19.7. The SMILES string of the molecule is N#C/C(=C\c1cccn1-c1ccc(S(N)(=O)=O)cc1)c1nc2ccccc2s1. The molecular weight excluding hydrogens is 392 g/mol. The molecule has 0 aliphatic rings. The van der Waals surface area contributed by atoms with Gasteiger partial charge in [-0.1, -0.05) is 12.1 Å². The van der Waals surface area contributed by atoms with E-state index in [2.05, 4.69) is 11.1 Å². The lowest BCUT2D eigenvalue weighted by molar-refractivity contribution is 0.598. The molecule has 4 aromatic rings. The zero-order valence-corrected chi connectivity index (χ0v) is 16.1. The van der Waals surface area contributed by atoms with Crippen molar-refractivity contribution in [1.29, 1.82) is 5.26 Å². The Balaban J connectivity index is 1.74. The fourth-order valence-electron chi connectivity index (χ4n) is 2.82. The molecule has 0 unspecified atom stereocenters. The van der Waals surface area contributed by atoms with Crippen LogP contribution >= 0.6 is 11.3 Å². The van der Waals surface area contributed by atoms with Crippen LogP contribution in [0.25, 0.3) is 27.6 Å². The maximum Gasteiger partial charge on any atom is 0.238 e. The van der Waals surface area contributed by atoms with Crippen LogP contribution in [0.4, 0.5) is 0 Å². The Bertz CT molecular complexity index is 1310. The van der Waals surface area contributed by atoms with Gasteiger partial charge in [0, 0.05) is 17.6 Å². The number of hydrogen-bond donors (Lipinski definition) is 1. The second kappa shape index (κ2) is 7.05. The molecule has 0 atom stereocenters. The summed E-state index contributed by atoms with van der Waals surface area (Å²) in [6.07, 6.45) is 3.61. The number of aromatic nitrogens is 2. The molecule has 138 valence electrons. The average Bonchev–Trinajstić information content (AvgIpc) is 3.32. The van der Waals surface area contributed by atoms with E-state index in [-0.39, 0.29) is 4.90 Å². The van der Waals surface area contributed by atoms with E-state index in [0.717, 1.165) is 21.6 Å². The lowest BCUT2D eigenvalue weighted by Gasteiger charge is -2.08. The van der Waals surface area contributed by atoms with Gasteiger partial charge in [0.25, 0.3) is 0 Å². The maximum absolute atomic E-state index is 11.4. The Morgan fingerprint density at radius 2 is 1.86 bits per heavy atom. The van der Waals surface area contributed by atoms with Crippen LogP contribution in [-0.2, 0) is 10.0 Å². The van der Waals surface area contributed by atoms with Gasteiger partial charge in [0.05, 0.1) is 20.7 Å². The summed E-state index contributed by atoms with van der Waals surface area (Å²) in [7, 11) is -3.74. The highest BCUT2D eigenvalue weighted by Gasteiger charge is 2.11. The maximum atomic E-state index is 11.4. The van der Waals surface area contributed by atoms with Crippen LogP contribution in [0.5, 0.6) is 0 Å². The molecule has 6 nitrogen and oxygen atoms in total. The number of nitrogens with two attached hydrogens (primary N) is 1. The summed E-state index contributed by atoms with van der Waals surface area (Å²) in [5.74, 6) is 0. The smallest absolute Gasteiger partial charge is 0.238 e. The van der Waals surface area contributed by atoms with Crippen molar-refractivity contribution in [2.75, 3.05) is 0 Å². The number of sulfonamides is 1. The highest BCUT2D eigenvalue weighted by atomic mass is 32.2. The topological polar surface area (TPSA) is 102 Å². The van der Waals surface area contributed by atoms with Gasteiger partial charge in [-0.25, -0.2) is 18.5 Å². The first-order valence-electron chi connectivity index (χ1n) is 8.24. The molecule has 0 spiro atoms. The number of allylic oxidation sites excluding steroid dienone is 1. The quantitative estimate of drug-likeness (QED) is 0.521. The molecule has 0 saturated carbocycles. The molecule has 28 heavy (non-hydrogen) atoms. The number of thiazole rings is 1. The zero-order valence-electron chi connectivity index (χ0n) is 14.5. The molecule has 0 fully saturated rings. The third-order valence-corrected chi connectivity index (χ3v) is 6.16. The molecule has 0 amide bonds. The largest absolute Gasteiger partial charge is 0.317 e. The van der Waals surface area contributed by atoms with Crippen molar-refractivity contribution in [2.24, 2.45) is 5.14 Å². The lowest BCUT2D eigenvalue weighted by Crippen LogP contribution is -2.12. The lowest BCUT2D eigenvalue weighted by atomic mass is 10.2. The van der Waals surface area contributed by atoms with Crippen molar-refractivity contribution >= 4 is 43.2 Å². The Morgan fingerprint density at radius 3 is 2.54 bits per heavy atom. The van der Waals surface area contributed by atoms with E-state index in [4.69, 9.17) is 5.14 Å². The molecule has 0 aliphatic heterocycles. The van der Waals surface area contributed by atoms with Gasteiger partial charge in [-0.3, -0.25) is 0 Å². The summed E-state index contributed by atoms with van der Waals surface area (Å²) in [6, 6.07) is 19.9. The van der Waals surface area contributed by atoms with Crippen molar-refractivity contribution in [3.05, 3.63) is 77.6 Å². The standard InChI is InChI=1S/C20H14N4O2S2/c21-13-14(20-23-18-5-1-2-6-19(18)27-20)12-16-4-3-11-24(16)15-7-9-17(10-8-15)28(22,25)26/h1-12H,(H2,22,25,26)/b14-12+. The van der Waals surface area contributed by atoms with E-state index in [0.29, 0.717) is 10.6 Å². The summed E-state index contributed by atoms with van der Waals surface area (Å²) in [4.78, 5) is 4.59. The van der Waals surface area contributed by atoms with Gasteiger partial charge in [-0.15, -0.1) is 11.3 Å². The third-order valence-electron chi connectivity index (χ3n) is 4.16. The highest BCUT2D eigenvalue weighted by molar-refractivity contribution is 7.89. The van der Waals surface area contributed by atoms with Crippen molar-refractivity contribution < 1.29 is 8.42 Å². The predicted molar refractivity (Wildman–Crippen MR) is 110 cm³/mol. The molecule has 2 heterocycles. The first kappa shape index (κ1) is 18.1. The Morgan fingerprint density at radius 1 is 1.11 bits per heavy atom. The van der Waals surface area contributed by atoms with E-state index in [1.54, 1.807) is 18.2 Å². The highest BCUT2D eigenvalue weighted by Crippen LogP contribution is 2.28. The van der Waals surface area contributed by atoms with Crippen LogP contribution in [-0.4, -0.2) is 18.0 Å². The van der Waals surface area contributed by atoms with Gasteiger partial charge in [0.15, 0.2) is 0 Å². The van der Waals surface area contributed by atoms with E-state index in [9.17, 15) is 13.7 Å². The Labute approximate surface area is 165 Å². The number of fused-ring (bicyclic) bond motifs is 1. The molecule has 4 rings (SSSR count). The fraction of sp³-hybridized carbons (Fsp3) is 0. The molecule has 8 heteroatoms. The van der Waals surface area contributed by atoms with Gasteiger partial charge < -0.3 is 4.57 Å². The molecule has 0 radical (unpaired) electrons. The monoisotopic (exact) mass is 406 g/mol. The number of primary sulfonamides is 1. The Kier molecular flexibility index (Phi) is 4.57. The summed E-state index contributed by atoms with van der Waals surface area (Å²) >= 11 is 1.47. The molecule has 0 bridgehead atoms. The Hall–Kier alpha value is -3.25. The van der Waals surface area contributed by atoms with Crippen molar-refractivity contribution in [3.8, 4) is 11.8 Å². The molecule has 2 aromatic heterocycles. The first-order chi connectivity index (χ1) is 13.5. The van der Waals surface area contributed by atoms with E-state index in [1.807, 2.05) is 47.2 Å². The second-order valence-electron chi connectivity index (χ2n) is 6.00. The van der Waals surface area contributed by atoms with Crippen LogP contribution in [0.2, 0.25) is 0 Å². The summed E-state index contributed by atoms with van der Waals surface area (Å²) < 4.78 is 25.7. The average molecular weight is 406 g/mol. The first-order valence-corrected chi connectivity index (χ1v) is 10.6. The summed E-state index contributed by atoms with van der Waals surface area (Å²) in [6.45, 7) is 0. The van der Waals surface area contributed by atoms with Crippen LogP contribution in [0.3, 0.4) is 0 Å². The number of nitrogens with zero attached hydrogens (tertiary/aromatic N) is 3. The number of rotatable bonds is 4. The van der Waals surface area contributed by atoms with Crippen molar-refractivity contribution in [3.63, 3.8) is 0 Å². The fourth-order valence-corrected chi connectivity index (χ4v) is 4.27. The minimum atomic E-state index is -3.74. The van der Waals surface area contributed by atoms with E-state index in [1.165, 1.54) is 23.5 Å². The summed E-state index contributed by atoms with van der Waals surface area (Å²) in [5.41, 5.74) is 2.85. The molecular formula is C20H14N4O2S2. The van der Waals surface area contributed by atoms with Crippen LogP contribution in [0.1, 0.15) is 10.7 Å². The van der Waals surface area contributed by atoms with Crippen molar-refractivity contribution in [2.45, 2.75) is 4.90 Å². The number of para-hydroxylation sites is 1.